The molecule has 0 saturated heterocycles. The van der Waals surface area contributed by atoms with Crippen LogP contribution in [0.1, 0.15) is 0 Å². The maximum absolute atomic E-state index is 12.4. The smallest absolute Gasteiger partial charge is 0.234 e. The van der Waals surface area contributed by atoms with E-state index in [0.29, 0.717) is 39.4 Å². The minimum atomic E-state index is -0.222. The molecule has 0 aliphatic carbocycles. The van der Waals surface area contributed by atoms with Gasteiger partial charge in [0.25, 0.3) is 0 Å². The number of hydrogen-bond acceptors (Lipinski definition) is 8. The van der Waals surface area contributed by atoms with Crippen molar-refractivity contribution >= 4 is 29.0 Å². The molecule has 1 amide bonds. The van der Waals surface area contributed by atoms with Crippen LogP contribution < -0.4 is 14.8 Å². The third-order valence-corrected chi connectivity index (χ3v) is 4.94. The molecule has 0 unspecified atom stereocenters. The lowest BCUT2D eigenvalue weighted by Gasteiger charge is -2.11. The van der Waals surface area contributed by atoms with Gasteiger partial charge >= 0.3 is 0 Å². The van der Waals surface area contributed by atoms with Gasteiger partial charge in [-0.15, -0.1) is 10.2 Å². The second kappa shape index (κ2) is 8.23. The number of nitrogens with one attached hydrogen (secondary N) is 1. The number of thioether (sulfide) groups is 1. The number of anilines is 1. The van der Waals surface area contributed by atoms with Crippen LogP contribution in [-0.2, 0) is 4.79 Å². The Hall–Kier alpha value is -3.53. The molecule has 4 aromatic rings. The van der Waals surface area contributed by atoms with E-state index in [1.54, 1.807) is 54.3 Å². The number of amides is 1. The summed E-state index contributed by atoms with van der Waals surface area (Å²) < 4.78 is 17.4. The van der Waals surface area contributed by atoms with Crippen molar-refractivity contribution in [1.29, 1.82) is 0 Å². The standard InChI is InChI=1S/C19H17N5O4S/c1-26-12-5-7-15(27-2)14(10-12)20-18(25)11-29-19-22-21-17-8-6-13(23-24(17)19)16-4-3-9-28-16/h3-10H,11H2,1-2H3,(H,20,25). The van der Waals surface area contributed by atoms with Crippen LogP contribution in [0.25, 0.3) is 17.1 Å². The molecule has 0 saturated carbocycles. The molecule has 0 aliphatic heterocycles. The summed E-state index contributed by atoms with van der Waals surface area (Å²) in [6.07, 6.45) is 1.58. The highest BCUT2D eigenvalue weighted by atomic mass is 32.2. The Labute approximate surface area is 170 Å². The minimum Gasteiger partial charge on any atom is -0.497 e. The van der Waals surface area contributed by atoms with Crippen LogP contribution in [0.15, 0.2) is 58.3 Å². The number of rotatable bonds is 7. The average Bonchev–Trinajstić information content (AvgIpc) is 3.42. The number of carbonyl (C=O) groups is 1. The zero-order valence-corrected chi connectivity index (χ0v) is 16.5. The van der Waals surface area contributed by atoms with Crippen molar-refractivity contribution in [1.82, 2.24) is 19.8 Å². The van der Waals surface area contributed by atoms with Crippen LogP contribution in [-0.4, -0.2) is 45.7 Å². The van der Waals surface area contributed by atoms with E-state index >= 15 is 0 Å². The fourth-order valence-electron chi connectivity index (χ4n) is 2.64. The molecule has 0 fully saturated rings. The first-order valence-electron chi connectivity index (χ1n) is 8.59. The lowest BCUT2D eigenvalue weighted by atomic mass is 10.2. The van der Waals surface area contributed by atoms with Crippen LogP contribution >= 0.6 is 11.8 Å². The number of furan rings is 1. The van der Waals surface area contributed by atoms with Crippen molar-refractivity contribution in [2.75, 3.05) is 25.3 Å². The third-order valence-electron chi connectivity index (χ3n) is 4.02. The normalized spacial score (nSPS) is 10.8. The van der Waals surface area contributed by atoms with Gasteiger partial charge in [0.1, 0.15) is 17.2 Å². The Morgan fingerprint density at radius 1 is 1.17 bits per heavy atom. The Morgan fingerprint density at radius 2 is 2.07 bits per heavy atom. The molecule has 1 aromatic carbocycles. The van der Waals surface area contributed by atoms with Crippen molar-refractivity contribution in [2.45, 2.75) is 5.16 Å². The van der Waals surface area contributed by atoms with E-state index in [0.717, 1.165) is 0 Å². The Bertz CT molecular complexity index is 1140. The number of benzene rings is 1. The summed E-state index contributed by atoms with van der Waals surface area (Å²) in [5.41, 5.74) is 1.76. The van der Waals surface area contributed by atoms with E-state index in [1.165, 1.54) is 18.9 Å². The summed E-state index contributed by atoms with van der Waals surface area (Å²) in [5, 5.41) is 16.0. The average molecular weight is 411 g/mol. The molecule has 4 rings (SSSR count). The molecule has 29 heavy (non-hydrogen) atoms. The number of ether oxygens (including phenoxy) is 2. The topological polar surface area (TPSA) is 104 Å². The van der Waals surface area contributed by atoms with Crippen LogP contribution in [0.5, 0.6) is 11.5 Å². The molecule has 0 bridgehead atoms. The van der Waals surface area contributed by atoms with Crippen molar-refractivity contribution in [3.63, 3.8) is 0 Å². The zero-order chi connectivity index (χ0) is 20.2. The molecule has 3 aromatic heterocycles. The van der Waals surface area contributed by atoms with Crippen molar-refractivity contribution in [2.24, 2.45) is 0 Å². The summed E-state index contributed by atoms with van der Waals surface area (Å²) >= 11 is 1.23. The Morgan fingerprint density at radius 3 is 2.83 bits per heavy atom. The first kappa shape index (κ1) is 18.8. The van der Waals surface area contributed by atoms with Crippen LogP contribution in [0.4, 0.5) is 5.69 Å². The molecule has 0 spiro atoms. The highest BCUT2D eigenvalue weighted by Gasteiger charge is 2.14. The van der Waals surface area contributed by atoms with E-state index < -0.39 is 0 Å². The Balaban J connectivity index is 1.48. The van der Waals surface area contributed by atoms with Gasteiger partial charge in [0.2, 0.25) is 11.1 Å². The molecule has 0 radical (unpaired) electrons. The number of aromatic nitrogens is 4. The van der Waals surface area contributed by atoms with Crippen molar-refractivity contribution in [3.05, 3.63) is 48.7 Å². The number of fused-ring (bicyclic) bond motifs is 1. The van der Waals surface area contributed by atoms with Crippen molar-refractivity contribution in [3.8, 4) is 23.0 Å². The van der Waals surface area contributed by atoms with Crippen molar-refractivity contribution < 1.29 is 18.7 Å². The second-order valence-corrected chi connectivity index (χ2v) is 6.79. The molecule has 9 nitrogen and oxygen atoms in total. The van der Waals surface area contributed by atoms with Gasteiger partial charge in [-0.05, 0) is 36.4 Å². The number of nitrogens with zero attached hydrogens (tertiary/aromatic N) is 4. The Kier molecular flexibility index (Phi) is 5.34. The van der Waals surface area contributed by atoms with E-state index in [-0.39, 0.29) is 11.7 Å². The minimum absolute atomic E-state index is 0.119. The van der Waals surface area contributed by atoms with Crippen LogP contribution in [0, 0.1) is 0 Å². The van der Waals surface area contributed by atoms with Gasteiger partial charge in [-0.25, -0.2) is 0 Å². The predicted octanol–water partition coefficient (Wildman–Crippen LogP) is 3.13. The molecule has 1 N–H and O–H groups in total. The van der Waals surface area contributed by atoms with Crippen LogP contribution in [0.3, 0.4) is 0 Å². The third kappa shape index (κ3) is 4.02. The highest BCUT2D eigenvalue weighted by molar-refractivity contribution is 7.99. The van der Waals surface area contributed by atoms with Gasteiger partial charge in [-0.2, -0.15) is 9.61 Å². The van der Waals surface area contributed by atoms with Gasteiger partial charge in [0.15, 0.2) is 11.4 Å². The number of methoxy groups -OCH3 is 2. The lowest BCUT2D eigenvalue weighted by molar-refractivity contribution is -0.113. The summed E-state index contributed by atoms with van der Waals surface area (Å²) in [5.74, 6) is 1.70. The molecular formula is C19H17N5O4S. The van der Waals surface area contributed by atoms with E-state index in [4.69, 9.17) is 13.9 Å². The van der Waals surface area contributed by atoms with Gasteiger partial charge < -0.3 is 19.2 Å². The monoisotopic (exact) mass is 411 g/mol. The molecule has 3 heterocycles. The molecule has 10 heteroatoms. The fraction of sp³-hybridized carbons (Fsp3) is 0.158. The van der Waals surface area contributed by atoms with Gasteiger partial charge in [0.05, 0.1) is 31.9 Å². The summed E-state index contributed by atoms with van der Waals surface area (Å²) in [6.45, 7) is 0. The number of hydrogen-bond donors (Lipinski definition) is 1. The van der Waals surface area contributed by atoms with Gasteiger partial charge in [-0.1, -0.05) is 11.8 Å². The molecule has 0 atom stereocenters. The van der Waals surface area contributed by atoms with E-state index in [2.05, 4.69) is 20.6 Å². The largest absolute Gasteiger partial charge is 0.497 e. The van der Waals surface area contributed by atoms with E-state index in [9.17, 15) is 4.79 Å². The fourth-order valence-corrected chi connectivity index (χ4v) is 3.33. The van der Waals surface area contributed by atoms with Gasteiger partial charge in [0, 0.05) is 6.07 Å². The summed E-state index contributed by atoms with van der Waals surface area (Å²) in [6, 6.07) is 12.4. The zero-order valence-electron chi connectivity index (χ0n) is 15.7. The first-order chi connectivity index (χ1) is 14.2. The van der Waals surface area contributed by atoms with Crippen LogP contribution in [0.2, 0.25) is 0 Å². The first-order valence-corrected chi connectivity index (χ1v) is 9.57. The second-order valence-electron chi connectivity index (χ2n) is 5.85. The maximum Gasteiger partial charge on any atom is 0.234 e. The number of carbonyl (C=O) groups excluding carboxylic acids is 1. The lowest BCUT2D eigenvalue weighted by Crippen LogP contribution is -2.15. The van der Waals surface area contributed by atoms with Gasteiger partial charge in [-0.3, -0.25) is 4.79 Å². The molecular weight excluding hydrogens is 394 g/mol. The predicted molar refractivity (Wildman–Crippen MR) is 107 cm³/mol. The maximum atomic E-state index is 12.4. The summed E-state index contributed by atoms with van der Waals surface area (Å²) in [4.78, 5) is 12.4. The molecule has 0 aliphatic rings. The van der Waals surface area contributed by atoms with E-state index in [1.807, 2.05) is 6.07 Å². The highest BCUT2D eigenvalue weighted by Crippen LogP contribution is 2.29. The quantitative estimate of drug-likeness (QED) is 0.463. The molecule has 148 valence electrons. The summed E-state index contributed by atoms with van der Waals surface area (Å²) in [7, 11) is 3.10. The SMILES string of the molecule is COc1ccc(OC)c(NC(=O)CSc2nnc3ccc(-c4ccco4)nn23)c1.